The van der Waals surface area contributed by atoms with Crippen molar-refractivity contribution >= 4 is 11.8 Å². The van der Waals surface area contributed by atoms with Crippen LogP contribution in [0.3, 0.4) is 0 Å². The highest BCUT2D eigenvalue weighted by atomic mass is 16.2. The van der Waals surface area contributed by atoms with Gasteiger partial charge in [-0.15, -0.1) is 0 Å². The summed E-state index contributed by atoms with van der Waals surface area (Å²) in [6, 6.07) is 1.06. The van der Waals surface area contributed by atoms with Gasteiger partial charge in [-0.3, -0.25) is 14.6 Å². The predicted molar refractivity (Wildman–Crippen MR) is 80.4 cm³/mol. The third-order valence-electron chi connectivity index (χ3n) is 3.94. The van der Waals surface area contributed by atoms with Crippen molar-refractivity contribution in [3.8, 4) is 0 Å². The van der Waals surface area contributed by atoms with Crippen LogP contribution in [-0.4, -0.2) is 33.8 Å². The molecule has 1 saturated heterocycles. The van der Waals surface area contributed by atoms with Crippen molar-refractivity contribution in [1.29, 1.82) is 0 Å². The number of nitrogens with zero attached hydrogens (tertiary/aromatic N) is 2. The van der Waals surface area contributed by atoms with Crippen LogP contribution in [0.4, 0.5) is 0 Å². The summed E-state index contributed by atoms with van der Waals surface area (Å²) in [7, 11) is 0. The molecule has 5 nitrogen and oxygen atoms in total. The van der Waals surface area contributed by atoms with Crippen molar-refractivity contribution in [2.75, 3.05) is 0 Å². The fourth-order valence-electron chi connectivity index (χ4n) is 2.58. The van der Waals surface area contributed by atoms with E-state index in [-0.39, 0.29) is 11.8 Å². The van der Waals surface area contributed by atoms with Gasteiger partial charge >= 0.3 is 0 Å². The molecule has 1 aliphatic rings. The zero-order chi connectivity index (χ0) is 15.6. The Morgan fingerprint density at radius 3 is 2.71 bits per heavy atom. The van der Waals surface area contributed by atoms with Crippen LogP contribution >= 0.6 is 0 Å². The lowest BCUT2D eigenvalue weighted by molar-refractivity contribution is -0.149. The first-order chi connectivity index (χ1) is 9.90. The van der Waals surface area contributed by atoms with Gasteiger partial charge in [-0.1, -0.05) is 13.8 Å². The number of aromatic nitrogens is 1. The van der Waals surface area contributed by atoms with Gasteiger partial charge in [0.25, 0.3) is 0 Å². The molecule has 1 aliphatic heterocycles. The van der Waals surface area contributed by atoms with Gasteiger partial charge in [0.05, 0.1) is 0 Å². The minimum atomic E-state index is -0.444. The lowest BCUT2D eigenvalue weighted by atomic mass is 9.98. The first-order valence-corrected chi connectivity index (χ1v) is 7.40. The van der Waals surface area contributed by atoms with E-state index >= 15 is 0 Å². The van der Waals surface area contributed by atoms with Crippen molar-refractivity contribution in [3.63, 3.8) is 0 Å². The molecule has 2 amide bonds. The number of hydrogen-bond donors (Lipinski definition) is 1. The van der Waals surface area contributed by atoms with Gasteiger partial charge < -0.3 is 10.2 Å². The Kier molecular flexibility index (Phi) is 4.60. The van der Waals surface area contributed by atoms with Crippen LogP contribution in [-0.2, 0) is 16.1 Å². The number of piperazine rings is 1. The Hall–Kier alpha value is -1.91. The Balaban J connectivity index is 2.21. The number of aryl methyl sites for hydroxylation is 1. The van der Waals surface area contributed by atoms with E-state index in [4.69, 9.17) is 0 Å². The maximum Gasteiger partial charge on any atom is 0.246 e. The zero-order valence-electron chi connectivity index (χ0n) is 13.1. The second-order valence-electron chi connectivity index (χ2n) is 6.13. The van der Waals surface area contributed by atoms with Gasteiger partial charge in [0.1, 0.15) is 12.1 Å². The van der Waals surface area contributed by atoms with E-state index in [1.807, 2.05) is 26.8 Å². The molecule has 0 spiro atoms. The highest BCUT2D eigenvalue weighted by Crippen LogP contribution is 2.19. The third-order valence-corrected chi connectivity index (χ3v) is 3.94. The Labute approximate surface area is 125 Å². The van der Waals surface area contributed by atoms with Crippen LogP contribution in [0.5, 0.6) is 0 Å². The summed E-state index contributed by atoms with van der Waals surface area (Å²) in [6.07, 6.45) is 4.16. The first-order valence-electron chi connectivity index (χ1n) is 7.40. The number of pyridine rings is 1. The van der Waals surface area contributed by atoms with Gasteiger partial charge in [-0.05, 0) is 43.4 Å². The van der Waals surface area contributed by atoms with Crippen molar-refractivity contribution < 1.29 is 9.59 Å². The highest BCUT2D eigenvalue weighted by Gasteiger charge is 2.38. The Morgan fingerprint density at radius 2 is 2.10 bits per heavy atom. The lowest BCUT2D eigenvalue weighted by Crippen LogP contribution is -2.62. The smallest absolute Gasteiger partial charge is 0.246 e. The molecule has 21 heavy (non-hydrogen) atoms. The van der Waals surface area contributed by atoms with Crippen molar-refractivity contribution in [1.82, 2.24) is 15.2 Å². The molecule has 1 fully saturated rings. The maximum atomic E-state index is 12.6. The van der Waals surface area contributed by atoms with Crippen LogP contribution in [0, 0.1) is 12.8 Å². The van der Waals surface area contributed by atoms with E-state index in [0.717, 1.165) is 11.1 Å². The fraction of sp³-hybridized carbons (Fsp3) is 0.562. The van der Waals surface area contributed by atoms with Crippen LogP contribution < -0.4 is 5.32 Å². The van der Waals surface area contributed by atoms with Crippen LogP contribution in [0.1, 0.15) is 38.3 Å². The van der Waals surface area contributed by atoms with Crippen molar-refractivity contribution in [2.45, 2.75) is 52.7 Å². The second kappa shape index (κ2) is 6.24. The number of amides is 2. The van der Waals surface area contributed by atoms with Gasteiger partial charge in [0, 0.05) is 18.9 Å². The molecule has 0 saturated carbocycles. The number of rotatable bonds is 4. The fourth-order valence-corrected chi connectivity index (χ4v) is 2.58. The minimum absolute atomic E-state index is 0.000877. The summed E-state index contributed by atoms with van der Waals surface area (Å²) in [4.78, 5) is 30.5. The van der Waals surface area contributed by atoms with Crippen molar-refractivity contribution in [2.24, 2.45) is 5.92 Å². The molecule has 0 aliphatic carbocycles. The monoisotopic (exact) mass is 289 g/mol. The largest absolute Gasteiger partial charge is 0.343 e. The topological polar surface area (TPSA) is 62.3 Å². The summed E-state index contributed by atoms with van der Waals surface area (Å²) in [5.41, 5.74) is 2.06. The second-order valence-corrected chi connectivity index (χ2v) is 6.13. The number of nitrogens with one attached hydrogen (secondary N) is 1. The Morgan fingerprint density at radius 1 is 1.38 bits per heavy atom. The van der Waals surface area contributed by atoms with E-state index in [9.17, 15) is 9.59 Å². The van der Waals surface area contributed by atoms with E-state index in [2.05, 4.69) is 10.3 Å². The molecule has 114 valence electrons. The zero-order valence-corrected chi connectivity index (χ0v) is 13.1. The Bertz CT molecular complexity index is 542. The average Bonchev–Trinajstić information content (AvgIpc) is 2.42. The summed E-state index contributed by atoms with van der Waals surface area (Å²) >= 11 is 0. The summed E-state index contributed by atoms with van der Waals surface area (Å²) < 4.78 is 0. The molecule has 0 bridgehead atoms. The summed E-state index contributed by atoms with van der Waals surface area (Å²) in [6.45, 7) is 8.29. The molecule has 1 aromatic rings. The molecular formula is C16H23N3O2. The van der Waals surface area contributed by atoms with Gasteiger partial charge in [-0.25, -0.2) is 0 Å². The van der Waals surface area contributed by atoms with E-state index < -0.39 is 12.1 Å². The molecule has 1 aromatic heterocycles. The molecule has 2 heterocycles. The first kappa shape index (κ1) is 15.5. The molecule has 2 rings (SSSR count). The average molecular weight is 289 g/mol. The van der Waals surface area contributed by atoms with Crippen LogP contribution in [0.15, 0.2) is 18.5 Å². The van der Waals surface area contributed by atoms with Crippen LogP contribution in [0.25, 0.3) is 0 Å². The number of carbonyl (C=O) groups is 2. The highest BCUT2D eigenvalue weighted by molar-refractivity contribution is 5.96. The minimum Gasteiger partial charge on any atom is -0.343 e. The molecule has 0 aromatic carbocycles. The quantitative estimate of drug-likeness (QED) is 0.917. The van der Waals surface area contributed by atoms with Gasteiger partial charge in [0.2, 0.25) is 11.8 Å². The molecule has 2 atom stereocenters. The number of carbonyl (C=O) groups excluding carboxylic acids is 2. The standard InChI is InChI=1S/C16H23N3O2/c1-10(2)7-14-16(21)19(12(4)15(20)18-14)9-13-8-17-6-5-11(13)3/h5-6,8,10,12,14H,7,9H2,1-4H3,(H,18,20). The maximum absolute atomic E-state index is 12.6. The molecular weight excluding hydrogens is 266 g/mol. The SMILES string of the molecule is Cc1ccncc1CN1C(=O)C(CC(C)C)NC(=O)C1C. The van der Waals surface area contributed by atoms with Crippen LogP contribution in [0.2, 0.25) is 0 Å². The van der Waals surface area contributed by atoms with Gasteiger partial charge in [-0.2, -0.15) is 0 Å². The molecule has 5 heteroatoms. The normalized spacial score (nSPS) is 22.6. The van der Waals surface area contributed by atoms with E-state index in [0.29, 0.717) is 18.9 Å². The number of hydrogen-bond acceptors (Lipinski definition) is 3. The van der Waals surface area contributed by atoms with E-state index in [1.165, 1.54) is 0 Å². The van der Waals surface area contributed by atoms with Crippen molar-refractivity contribution in [3.05, 3.63) is 29.6 Å². The molecule has 0 radical (unpaired) electrons. The molecule has 2 unspecified atom stereocenters. The van der Waals surface area contributed by atoms with Gasteiger partial charge in [0.15, 0.2) is 0 Å². The summed E-state index contributed by atoms with van der Waals surface area (Å²) in [5.74, 6) is 0.274. The predicted octanol–water partition coefficient (Wildman–Crippen LogP) is 1.65. The van der Waals surface area contributed by atoms with E-state index in [1.54, 1.807) is 24.2 Å². The molecule has 1 N–H and O–H groups in total. The third kappa shape index (κ3) is 3.40. The lowest BCUT2D eigenvalue weighted by Gasteiger charge is -2.38. The summed E-state index contributed by atoms with van der Waals surface area (Å²) in [5, 5.41) is 2.83.